The number of carbonyl (C=O) groups excluding carboxylic acids is 1. The second-order valence-corrected chi connectivity index (χ2v) is 6.85. The molecule has 1 heterocycles. The lowest BCUT2D eigenvalue weighted by Crippen LogP contribution is -2.25. The number of hydrogen-bond donors (Lipinski definition) is 1. The van der Waals surface area contributed by atoms with Crippen LogP contribution in [0.25, 0.3) is 10.2 Å². The molecule has 0 saturated carbocycles. The molecule has 0 atom stereocenters. The van der Waals surface area contributed by atoms with Crippen molar-refractivity contribution in [3.05, 3.63) is 64.1 Å². The van der Waals surface area contributed by atoms with E-state index in [9.17, 15) is 4.79 Å². The van der Waals surface area contributed by atoms with Crippen molar-refractivity contribution >= 4 is 39.1 Å². The molecular formula is C18H17ClN2OS. The summed E-state index contributed by atoms with van der Waals surface area (Å²) in [4.78, 5) is 16.5. The van der Waals surface area contributed by atoms with E-state index in [1.807, 2.05) is 42.5 Å². The highest BCUT2D eigenvalue weighted by Gasteiger charge is 2.05. The van der Waals surface area contributed by atoms with Crippen LogP contribution in [-0.2, 0) is 17.6 Å². The molecule has 0 saturated heterocycles. The van der Waals surface area contributed by atoms with E-state index in [0.717, 1.165) is 28.9 Å². The van der Waals surface area contributed by atoms with E-state index in [2.05, 4.69) is 16.4 Å². The zero-order valence-corrected chi connectivity index (χ0v) is 14.2. The molecule has 3 aromatic rings. The highest BCUT2D eigenvalue weighted by Crippen LogP contribution is 2.21. The van der Waals surface area contributed by atoms with E-state index in [4.69, 9.17) is 11.6 Å². The molecule has 3 nitrogen and oxygen atoms in total. The average molecular weight is 345 g/mol. The van der Waals surface area contributed by atoms with Crippen LogP contribution in [0, 0.1) is 0 Å². The number of aromatic nitrogens is 1. The van der Waals surface area contributed by atoms with E-state index in [-0.39, 0.29) is 5.91 Å². The van der Waals surface area contributed by atoms with Crippen LogP contribution < -0.4 is 5.32 Å². The van der Waals surface area contributed by atoms with Gasteiger partial charge in [-0.3, -0.25) is 4.79 Å². The summed E-state index contributed by atoms with van der Waals surface area (Å²) < 4.78 is 1.19. The van der Waals surface area contributed by atoms with Crippen LogP contribution in [-0.4, -0.2) is 17.4 Å². The van der Waals surface area contributed by atoms with Gasteiger partial charge in [0, 0.05) is 24.4 Å². The van der Waals surface area contributed by atoms with Crippen molar-refractivity contribution in [1.29, 1.82) is 0 Å². The maximum atomic E-state index is 11.9. The fraction of sp³-hybridized carbons (Fsp3) is 0.222. The van der Waals surface area contributed by atoms with E-state index in [0.29, 0.717) is 18.0 Å². The van der Waals surface area contributed by atoms with Crippen molar-refractivity contribution in [2.24, 2.45) is 0 Å². The minimum Gasteiger partial charge on any atom is -0.356 e. The normalized spacial score (nSPS) is 10.8. The Bertz CT molecular complexity index is 765. The van der Waals surface area contributed by atoms with Crippen LogP contribution in [0.3, 0.4) is 0 Å². The number of carbonyl (C=O) groups is 1. The highest BCUT2D eigenvalue weighted by atomic mass is 35.5. The van der Waals surface area contributed by atoms with Gasteiger partial charge in [-0.25, -0.2) is 4.98 Å². The molecule has 0 fully saturated rings. The van der Waals surface area contributed by atoms with Gasteiger partial charge in [0.15, 0.2) is 0 Å². The lowest BCUT2D eigenvalue weighted by molar-refractivity contribution is -0.121. The van der Waals surface area contributed by atoms with Crippen LogP contribution in [0.2, 0.25) is 5.02 Å². The molecule has 1 amide bonds. The maximum absolute atomic E-state index is 11.9. The Morgan fingerprint density at radius 3 is 2.65 bits per heavy atom. The Hall–Kier alpha value is -1.91. The third kappa shape index (κ3) is 4.53. The Kier molecular flexibility index (Phi) is 5.26. The van der Waals surface area contributed by atoms with Crippen LogP contribution >= 0.6 is 22.9 Å². The second kappa shape index (κ2) is 7.57. The predicted molar refractivity (Wildman–Crippen MR) is 96.1 cm³/mol. The van der Waals surface area contributed by atoms with Gasteiger partial charge in [-0.2, -0.15) is 0 Å². The molecule has 0 unspecified atom stereocenters. The van der Waals surface area contributed by atoms with Gasteiger partial charge < -0.3 is 5.32 Å². The molecule has 3 rings (SSSR count). The molecule has 0 bridgehead atoms. The fourth-order valence-corrected chi connectivity index (χ4v) is 3.43. The molecule has 0 spiro atoms. The van der Waals surface area contributed by atoms with E-state index in [1.165, 1.54) is 4.70 Å². The summed E-state index contributed by atoms with van der Waals surface area (Å²) in [6, 6.07) is 15.7. The van der Waals surface area contributed by atoms with Crippen molar-refractivity contribution in [2.45, 2.75) is 19.3 Å². The number of para-hydroxylation sites is 1. The topological polar surface area (TPSA) is 42.0 Å². The monoisotopic (exact) mass is 344 g/mol. The first-order valence-electron chi connectivity index (χ1n) is 7.56. The third-order valence-corrected chi connectivity index (χ3v) is 4.90. The lowest BCUT2D eigenvalue weighted by Gasteiger charge is -2.04. The first kappa shape index (κ1) is 16.0. The zero-order valence-electron chi connectivity index (χ0n) is 12.6. The van der Waals surface area contributed by atoms with Crippen molar-refractivity contribution in [2.75, 3.05) is 6.54 Å². The lowest BCUT2D eigenvalue weighted by atomic mass is 10.1. The summed E-state index contributed by atoms with van der Waals surface area (Å²) in [5.74, 6) is 0.0704. The SMILES string of the molecule is O=C(CCc1ccc(Cl)cc1)NCCc1nc2ccccc2s1. The van der Waals surface area contributed by atoms with Crippen molar-refractivity contribution < 1.29 is 4.79 Å². The smallest absolute Gasteiger partial charge is 0.220 e. The minimum absolute atomic E-state index is 0.0704. The van der Waals surface area contributed by atoms with Crippen molar-refractivity contribution in [3.8, 4) is 0 Å². The molecule has 2 aromatic carbocycles. The van der Waals surface area contributed by atoms with E-state index in [1.54, 1.807) is 11.3 Å². The van der Waals surface area contributed by atoms with Gasteiger partial charge >= 0.3 is 0 Å². The number of aryl methyl sites for hydroxylation is 1. The van der Waals surface area contributed by atoms with Gasteiger partial charge in [0.1, 0.15) is 0 Å². The van der Waals surface area contributed by atoms with Gasteiger partial charge in [0.25, 0.3) is 0 Å². The Morgan fingerprint density at radius 2 is 1.87 bits per heavy atom. The summed E-state index contributed by atoms with van der Waals surface area (Å²) in [5.41, 5.74) is 2.15. The van der Waals surface area contributed by atoms with Gasteiger partial charge in [-0.05, 0) is 36.2 Å². The predicted octanol–water partition coefficient (Wildman–Crippen LogP) is 4.24. The Labute approximate surface area is 144 Å². The third-order valence-electron chi connectivity index (χ3n) is 3.55. The van der Waals surface area contributed by atoms with Crippen LogP contribution in [0.5, 0.6) is 0 Å². The summed E-state index contributed by atoms with van der Waals surface area (Å²) in [6.45, 7) is 0.624. The first-order valence-corrected chi connectivity index (χ1v) is 8.76. The largest absolute Gasteiger partial charge is 0.356 e. The molecule has 0 aliphatic carbocycles. The molecule has 118 valence electrons. The van der Waals surface area contributed by atoms with Crippen molar-refractivity contribution in [3.63, 3.8) is 0 Å². The highest BCUT2D eigenvalue weighted by molar-refractivity contribution is 7.18. The maximum Gasteiger partial charge on any atom is 0.220 e. The summed E-state index contributed by atoms with van der Waals surface area (Å²) in [6.07, 6.45) is 1.98. The quantitative estimate of drug-likeness (QED) is 0.726. The molecule has 5 heteroatoms. The van der Waals surface area contributed by atoms with E-state index >= 15 is 0 Å². The summed E-state index contributed by atoms with van der Waals surface area (Å²) >= 11 is 7.53. The fourth-order valence-electron chi connectivity index (χ4n) is 2.33. The average Bonchev–Trinajstić information content (AvgIpc) is 2.97. The number of nitrogens with one attached hydrogen (secondary N) is 1. The molecule has 0 aliphatic heterocycles. The molecule has 1 N–H and O–H groups in total. The molecular weight excluding hydrogens is 328 g/mol. The van der Waals surface area contributed by atoms with E-state index < -0.39 is 0 Å². The summed E-state index contributed by atoms with van der Waals surface area (Å²) in [5, 5.41) is 4.73. The van der Waals surface area contributed by atoms with Crippen molar-refractivity contribution in [1.82, 2.24) is 10.3 Å². The number of nitrogens with zero attached hydrogens (tertiary/aromatic N) is 1. The molecule has 1 aromatic heterocycles. The Morgan fingerprint density at radius 1 is 1.09 bits per heavy atom. The molecule has 23 heavy (non-hydrogen) atoms. The van der Waals surface area contributed by atoms with Gasteiger partial charge in [0.2, 0.25) is 5.91 Å². The van der Waals surface area contributed by atoms with Crippen LogP contribution in [0.4, 0.5) is 0 Å². The first-order chi connectivity index (χ1) is 11.2. The number of rotatable bonds is 6. The number of fused-ring (bicyclic) bond motifs is 1. The zero-order chi connectivity index (χ0) is 16.1. The number of amides is 1. The molecule has 0 aliphatic rings. The summed E-state index contributed by atoms with van der Waals surface area (Å²) in [7, 11) is 0. The number of halogens is 1. The second-order valence-electron chi connectivity index (χ2n) is 5.30. The Balaban J connectivity index is 1.43. The molecule has 0 radical (unpaired) electrons. The van der Waals surface area contributed by atoms with Gasteiger partial charge in [0.05, 0.1) is 15.2 Å². The number of hydrogen-bond acceptors (Lipinski definition) is 3. The standard InChI is InChI=1S/C18H17ClN2OS/c19-14-8-5-13(6-9-14)7-10-17(22)20-12-11-18-21-15-3-1-2-4-16(15)23-18/h1-6,8-9H,7,10-12H2,(H,20,22). The minimum atomic E-state index is 0.0704. The van der Waals surface area contributed by atoms with Crippen LogP contribution in [0.1, 0.15) is 17.0 Å². The van der Waals surface area contributed by atoms with Gasteiger partial charge in [-0.1, -0.05) is 35.9 Å². The number of benzene rings is 2. The number of thiazole rings is 1. The van der Waals surface area contributed by atoms with Gasteiger partial charge in [-0.15, -0.1) is 11.3 Å². The van der Waals surface area contributed by atoms with Crippen LogP contribution in [0.15, 0.2) is 48.5 Å².